The third-order valence-electron chi connectivity index (χ3n) is 1.49. The SMILES string of the molecule is CCOC(=S)SC=Cc1ccccc1. The van der Waals surface area contributed by atoms with Crippen LogP contribution in [0.15, 0.2) is 35.7 Å². The number of hydrogen-bond acceptors (Lipinski definition) is 3. The van der Waals surface area contributed by atoms with Crippen molar-refractivity contribution in [3.63, 3.8) is 0 Å². The van der Waals surface area contributed by atoms with Gasteiger partial charge in [0.05, 0.1) is 6.61 Å². The smallest absolute Gasteiger partial charge is 0.224 e. The van der Waals surface area contributed by atoms with Crippen molar-refractivity contribution < 1.29 is 4.74 Å². The summed E-state index contributed by atoms with van der Waals surface area (Å²) in [7, 11) is 0. The molecule has 1 rings (SSSR count). The lowest BCUT2D eigenvalue weighted by molar-refractivity contribution is 0.346. The van der Waals surface area contributed by atoms with Crippen LogP contribution in [0.5, 0.6) is 0 Å². The van der Waals surface area contributed by atoms with Crippen LogP contribution in [0, 0.1) is 0 Å². The van der Waals surface area contributed by atoms with Gasteiger partial charge in [-0.1, -0.05) is 30.3 Å². The Kier molecular flexibility index (Phi) is 5.33. The van der Waals surface area contributed by atoms with Crippen LogP contribution in [0.2, 0.25) is 0 Å². The Morgan fingerprint density at radius 3 is 2.79 bits per heavy atom. The highest BCUT2D eigenvalue weighted by molar-refractivity contribution is 8.24. The number of benzene rings is 1. The molecule has 1 aromatic rings. The zero-order valence-corrected chi connectivity index (χ0v) is 9.61. The molecule has 0 saturated carbocycles. The lowest BCUT2D eigenvalue weighted by atomic mass is 10.2. The molecule has 0 saturated heterocycles. The first-order valence-electron chi connectivity index (χ1n) is 4.38. The topological polar surface area (TPSA) is 9.23 Å². The first kappa shape index (κ1) is 11.3. The molecule has 0 aliphatic carbocycles. The molecule has 0 radical (unpaired) electrons. The van der Waals surface area contributed by atoms with Crippen LogP contribution >= 0.6 is 24.0 Å². The van der Waals surface area contributed by atoms with E-state index in [4.69, 9.17) is 17.0 Å². The van der Waals surface area contributed by atoms with Crippen LogP contribution in [-0.2, 0) is 4.74 Å². The molecule has 0 heterocycles. The van der Waals surface area contributed by atoms with E-state index >= 15 is 0 Å². The van der Waals surface area contributed by atoms with Gasteiger partial charge in [0.25, 0.3) is 0 Å². The minimum atomic E-state index is 0.569. The summed E-state index contributed by atoms with van der Waals surface area (Å²) in [4.78, 5) is 0. The van der Waals surface area contributed by atoms with E-state index in [2.05, 4.69) is 0 Å². The number of thioether (sulfide) groups is 1. The van der Waals surface area contributed by atoms with Gasteiger partial charge in [0.15, 0.2) is 0 Å². The van der Waals surface area contributed by atoms with Crippen molar-refractivity contribution in [1.82, 2.24) is 0 Å². The third kappa shape index (κ3) is 4.44. The van der Waals surface area contributed by atoms with E-state index in [0.29, 0.717) is 11.0 Å². The van der Waals surface area contributed by atoms with E-state index < -0.39 is 0 Å². The molecule has 0 unspecified atom stereocenters. The molecule has 0 fully saturated rings. The standard InChI is InChI=1S/C11H12OS2/c1-2-12-11(13)14-9-8-10-6-4-3-5-7-10/h3-9H,2H2,1H3. The van der Waals surface area contributed by atoms with Crippen LogP contribution in [0.3, 0.4) is 0 Å². The molecule has 0 atom stereocenters. The summed E-state index contributed by atoms with van der Waals surface area (Å²) in [6.45, 7) is 2.55. The van der Waals surface area contributed by atoms with Gasteiger partial charge in [-0.3, -0.25) is 0 Å². The van der Waals surface area contributed by atoms with Gasteiger partial charge in [-0.25, -0.2) is 0 Å². The van der Waals surface area contributed by atoms with Crippen molar-refractivity contribution in [3.8, 4) is 0 Å². The zero-order chi connectivity index (χ0) is 10.2. The number of rotatable bonds is 3. The number of thiocarbonyl (C=S) groups is 1. The van der Waals surface area contributed by atoms with Gasteiger partial charge in [0.2, 0.25) is 4.38 Å². The average Bonchev–Trinajstić information content (AvgIpc) is 2.20. The third-order valence-corrected chi connectivity index (χ3v) is 2.48. The first-order valence-corrected chi connectivity index (χ1v) is 5.66. The second-order valence-electron chi connectivity index (χ2n) is 2.51. The van der Waals surface area contributed by atoms with Crippen molar-refractivity contribution in [3.05, 3.63) is 41.3 Å². The Balaban J connectivity index is 2.38. The van der Waals surface area contributed by atoms with Crippen molar-refractivity contribution in [1.29, 1.82) is 0 Å². The monoisotopic (exact) mass is 224 g/mol. The number of ether oxygens (including phenoxy) is 1. The number of hydrogen-bond donors (Lipinski definition) is 0. The van der Waals surface area contributed by atoms with Crippen LogP contribution in [0.25, 0.3) is 6.08 Å². The van der Waals surface area contributed by atoms with Gasteiger partial charge in [-0.2, -0.15) is 0 Å². The summed E-state index contributed by atoms with van der Waals surface area (Å²) in [6.07, 6.45) is 2.01. The van der Waals surface area contributed by atoms with Crippen LogP contribution in [0.4, 0.5) is 0 Å². The van der Waals surface area contributed by atoms with Crippen molar-refractivity contribution in [2.75, 3.05) is 6.61 Å². The summed E-state index contributed by atoms with van der Waals surface area (Å²) in [5.41, 5.74) is 1.17. The molecular formula is C11H12OS2. The summed E-state index contributed by atoms with van der Waals surface area (Å²) in [6, 6.07) is 10.1. The Hall–Kier alpha value is -0.800. The van der Waals surface area contributed by atoms with Crippen LogP contribution in [-0.4, -0.2) is 11.0 Å². The maximum absolute atomic E-state index is 5.12. The molecule has 1 aromatic carbocycles. The fraction of sp³-hybridized carbons (Fsp3) is 0.182. The van der Waals surface area contributed by atoms with Gasteiger partial charge in [0.1, 0.15) is 0 Å². The molecule has 0 aliphatic heterocycles. The maximum atomic E-state index is 5.12. The van der Waals surface area contributed by atoms with Crippen LogP contribution < -0.4 is 0 Å². The largest absolute Gasteiger partial charge is 0.479 e. The molecule has 1 nitrogen and oxygen atoms in total. The van der Waals surface area contributed by atoms with Gasteiger partial charge in [0, 0.05) is 0 Å². The summed E-state index contributed by atoms with van der Waals surface area (Å²) >= 11 is 6.38. The Labute approximate surface area is 94.2 Å². The highest BCUT2D eigenvalue weighted by Gasteiger charge is 1.91. The van der Waals surface area contributed by atoms with E-state index in [1.165, 1.54) is 17.3 Å². The lowest BCUT2D eigenvalue weighted by Crippen LogP contribution is -1.93. The first-order chi connectivity index (χ1) is 6.83. The average molecular weight is 224 g/mol. The zero-order valence-electron chi connectivity index (χ0n) is 7.97. The van der Waals surface area contributed by atoms with E-state index in [-0.39, 0.29) is 0 Å². The van der Waals surface area contributed by atoms with E-state index in [1.54, 1.807) is 0 Å². The second kappa shape index (κ2) is 6.62. The molecule has 0 spiro atoms. The van der Waals surface area contributed by atoms with E-state index in [1.807, 2.05) is 48.7 Å². The Bertz CT molecular complexity index is 306. The highest BCUT2D eigenvalue weighted by atomic mass is 32.2. The van der Waals surface area contributed by atoms with Gasteiger partial charge >= 0.3 is 0 Å². The van der Waals surface area contributed by atoms with Gasteiger partial charge in [-0.15, -0.1) is 0 Å². The second-order valence-corrected chi connectivity index (χ2v) is 4.02. The fourth-order valence-corrected chi connectivity index (χ4v) is 1.69. The minimum Gasteiger partial charge on any atom is -0.479 e. The van der Waals surface area contributed by atoms with Crippen molar-refractivity contribution in [2.45, 2.75) is 6.92 Å². The molecule has 0 aromatic heterocycles. The normalized spacial score (nSPS) is 10.4. The van der Waals surface area contributed by atoms with E-state index in [9.17, 15) is 0 Å². The van der Waals surface area contributed by atoms with Crippen molar-refractivity contribution in [2.24, 2.45) is 0 Å². The molecule has 14 heavy (non-hydrogen) atoms. The molecule has 3 heteroatoms. The molecule has 74 valence electrons. The summed E-state index contributed by atoms with van der Waals surface area (Å²) < 4.78 is 5.69. The molecule has 0 aliphatic rings. The molecule has 0 amide bonds. The predicted octanol–water partition coefficient (Wildman–Crippen LogP) is 3.71. The van der Waals surface area contributed by atoms with Crippen LogP contribution in [0.1, 0.15) is 12.5 Å². The molecule has 0 bridgehead atoms. The lowest BCUT2D eigenvalue weighted by Gasteiger charge is -1.99. The fourth-order valence-electron chi connectivity index (χ4n) is 0.884. The minimum absolute atomic E-state index is 0.569. The Morgan fingerprint density at radius 2 is 2.14 bits per heavy atom. The maximum Gasteiger partial charge on any atom is 0.224 e. The van der Waals surface area contributed by atoms with Crippen molar-refractivity contribution >= 4 is 34.4 Å². The van der Waals surface area contributed by atoms with Gasteiger partial charge in [-0.05, 0) is 48.0 Å². The van der Waals surface area contributed by atoms with Gasteiger partial charge < -0.3 is 4.74 Å². The highest BCUT2D eigenvalue weighted by Crippen LogP contribution is 2.11. The molecular weight excluding hydrogens is 212 g/mol. The quantitative estimate of drug-likeness (QED) is 0.724. The molecule has 0 N–H and O–H groups in total. The summed E-state index contributed by atoms with van der Waals surface area (Å²) in [5, 5.41) is 1.94. The predicted molar refractivity (Wildman–Crippen MR) is 67.3 cm³/mol. The summed E-state index contributed by atoms with van der Waals surface area (Å²) in [5.74, 6) is 0. The van der Waals surface area contributed by atoms with E-state index in [0.717, 1.165) is 0 Å². The Morgan fingerprint density at radius 1 is 1.43 bits per heavy atom.